The summed E-state index contributed by atoms with van der Waals surface area (Å²) in [6.07, 6.45) is 0. The second-order valence-electron chi connectivity index (χ2n) is 4.78. The average Bonchev–Trinajstić information content (AvgIpc) is 2.48. The quantitative estimate of drug-likeness (QED) is 0.908. The lowest BCUT2D eigenvalue weighted by atomic mass is 10.1. The number of carbonyl (C=O) groups is 1. The number of nitrogens with zero attached hydrogens (tertiary/aromatic N) is 1. The normalized spacial score (nSPS) is 11.6. The van der Waals surface area contributed by atoms with E-state index < -0.39 is 15.9 Å². The van der Waals surface area contributed by atoms with E-state index in [1.165, 1.54) is 35.6 Å². The summed E-state index contributed by atoms with van der Waals surface area (Å²) in [6.45, 7) is 0.185. The summed E-state index contributed by atoms with van der Waals surface area (Å²) < 4.78 is 26.1. The van der Waals surface area contributed by atoms with Gasteiger partial charge in [-0.25, -0.2) is 8.42 Å². The van der Waals surface area contributed by atoms with Crippen LogP contribution in [-0.2, 0) is 16.6 Å². The Morgan fingerprint density at radius 2 is 1.64 bits per heavy atom. The molecule has 116 valence electrons. The van der Waals surface area contributed by atoms with Crippen molar-refractivity contribution < 1.29 is 13.2 Å². The van der Waals surface area contributed by atoms with Crippen LogP contribution in [-0.4, -0.2) is 25.7 Å². The summed E-state index contributed by atoms with van der Waals surface area (Å²) in [4.78, 5) is 11.2. The summed E-state index contributed by atoms with van der Waals surface area (Å²) in [5.41, 5.74) is 6.30. The van der Waals surface area contributed by atoms with Crippen molar-refractivity contribution in [2.45, 2.75) is 11.4 Å². The minimum atomic E-state index is -3.60. The van der Waals surface area contributed by atoms with Crippen molar-refractivity contribution in [3.8, 4) is 0 Å². The van der Waals surface area contributed by atoms with E-state index in [1.54, 1.807) is 24.3 Å². The maximum absolute atomic E-state index is 12.4. The Labute approximate surface area is 134 Å². The van der Waals surface area contributed by atoms with Crippen LogP contribution in [0, 0.1) is 0 Å². The van der Waals surface area contributed by atoms with Gasteiger partial charge < -0.3 is 5.73 Å². The highest BCUT2D eigenvalue weighted by Gasteiger charge is 2.20. The number of sulfonamides is 1. The summed E-state index contributed by atoms with van der Waals surface area (Å²) in [7, 11) is -2.11. The zero-order chi connectivity index (χ0) is 16.3. The van der Waals surface area contributed by atoms with Gasteiger partial charge in [0.25, 0.3) is 0 Å². The lowest BCUT2D eigenvalue weighted by Gasteiger charge is -2.17. The molecule has 2 aromatic carbocycles. The molecule has 22 heavy (non-hydrogen) atoms. The highest BCUT2D eigenvalue weighted by molar-refractivity contribution is 7.89. The summed E-state index contributed by atoms with van der Waals surface area (Å²) in [6, 6.07) is 12.5. The molecule has 7 heteroatoms. The fourth-order valence-corrected chi connectivity index (χ4v) is 3.19. The van der Waals surface area contributed by atoms with E-state index in [0.717, 1.165) is 5.56 Å². The van der Waals surface area contributed by atoms with Crippen LogP contribution in [0.15, 0.2) is 53.4 Å². The fraction of sp³-hybridized carbons (Fsp3) is 0.133. The first kappa shape index (κ1) is 16.5. The van der Waals surface area contributed by atoms with E-state index in [-0.39, 0.29) is 11.4 Å². The molecular weight excluding hydrogens is 324 g/mol. The predicted molar refractivity (Wildman–Crippen MR) is 85.1 cm³/mol. The first-order valence-corrected chi connectivity index (χ1v) is 8.23. The zero-order valence-corrected chi connectivity index (χ0v) is 13.4. The molecule has 0 unspecified atom stereocenters. The number of benzene rings is 2. The number of hydrogen-bond donors (Lipinski definition) is 1. The SMILES string of the molecule is CN(Cc1ccc(C(N)=O)cc1)S(=O)(=O)c1ccc(Cl)cc1. The van der Waals surface area contributed by atoms with Crippen molar-refractivity contribution in [2.75, 3.05) is 7.05 Å². The second-order valence-corrected chi connectivity index (χ2v) is 7.26. The monoisotopic (exact) mass is 338 g/mol. The van der Waals surface area contributed by atoms with Crippen molar-refractivity contribution in [3.05, 3.63) is 64.7 Å². The van der Waals surface area contributed by atoms with Crippen LogP contribution in [0.2, 0.25) is 5.02 Å². The lowest BCUT2D eigenvalue weighted by molar-refractivity contribution is 0.100. The second kappa shape index (κ2) is 6.48. The molecule has 0 bridgehead atoms. The van der Waals surface area contributed by atoms with Gasteiger partial charge in [-0.1, -0.05) is 23.7 Å². The smallest absolute Gasteiger partial charge is 0.248 e. The van der Waals surface area contributed by atoms with Crippen molar-refractivity contribution in [1.82, 2.24) is 4.31 Å². The van der Waals surface area contributed by atoms with Gasteiger partial charge in [-0.05, 0) is 42.0 Å². The topological polar surface area (TPSA) is 80.5 Å². The van der Waals surface area contributed by atoms with Crippen molar-refractivity contribution in [1.29, 1.82) is 0 Å². The summed E-state index contributed by atoms with van der Waals surface area (Å²) in [5.74, 6) is -0.520. The fourth-order valence-electron chi connectivity index (χ4n) is 1.90. The Kier molecular flexibility index (Phi) is 4.85. The number of carbonyl (C=O) groups excluding carboxylic acids is 1. The van der Waals surface area contributed by atoms with E-state index in [4.69, 9.17) is 17.3 Å². The molecule has 2 N–H and O–H groups in total. The Hall–Kier alpha value is -1.89. The van der Waals surface area contributed by atoms with Gasteiger partial charge in [0.15, 0.2) is 0 Å². The third kappa shape index (κ3) is 3.65. The van der Waals surface area contributed by atoms with Gasteiger partial charge in [0.2, 0.25) is 15.9 Å². The minimum Gasteiger partial charge on any atom is -0.366 e. The highest BCUT2D eigenvalue weighted by atomic mass is 35.5. The Balaban J connectivity index is 2.18. The van der Waals surface area contributed by atoms with Crippen LogP contribution < -0.4 is 5.73 Å². The lowest BCUT2D eigenvalue weighted by Crippen LogP contribution is -2.26. The molecule has 2 aromatic rings. The van der Waals surface area contributed by atoms with Gasteiger partial charge in [0, 0.05) is 24.2 Å². The van der Waals surface area contributed by atoms with Crippen molar-refractivity contribution in [2.24, 2.45) is 5.73 Å². The van der Waals surface area contributed by atoms with E-state index in [1.807, 2.05) is 0 Å². The van der Waals surface area contributed by atoms with E-state index >= 15 is 0 Å². The van der Waals surface area contributed by atoms with Crippen LogP contribution >= 0.6 is 11.6 Å². The number of amides is 1. The maximum atomic E-state index is 12.4. The molecule has 2 rings (SSSR count). The number of primary amides is 1. The third-order valence-electron chi connectivity index (χ3n) is 3.17. The number of hydrogen-bond acceptors (Lipinski definition) is 3. The van der Waals surface area contributed by atoms with Crippen molar-refractivity contribution in [3.63, 3.8) is 0 Å². The number of nitrogens with two attached hydrogens (primary N) is 1. The molecule has 0 aliphatic carbocycles. The molecule has 5 nitrogen and oxygen atoms in total. The van der Waals surface area contributed by atoms with E-state index in [9.17, 15) is 13.2 Å². The standard InChI is InChI=1S/C15H15ClN2O3S/c1-18(10-11-2-4-12(5-3-11)15(17)19)22(20,21)14-8-6-13(16)7-9-14/h2-9H,10H2,1H3,(H2,17,19). The first-order chi connectivity index (χ1) is 10.3. The van der Waals surface area contributed by atoms with Gasteiger partial charge in [0.1, 0.15) is 0 Å². The summed E-state index contributed by atoms with van der Waals surface area (Å²) in [5, 5.41) is 0.476. The van der Waals surface area contributed by atoms with E-state index in [0.29, 0.717) is 10.6 Å². The average molecular weight is 339 g/mol. The molecule has 0 fully saturated rings. The number of rotatable bonds is 5. The molecule has 0 aliphatic rings. The maximum Gasteiger partial charge on any atom is 0.248 e. The van der Waals surface area contributed by atoms with Crippen LogP contribution in [0.5, 0.6) is 0 Å². The molecule has 0 radical (unpaired) electrons. The van der Waals surface area contributed by atoms with Crippen LogP contribution in [0.4, 0.5) is 0 Å². The molecule has 0 aromatic heterocycles. The molecule has 0 spiro atoms. The largest absolute Gasteiger partial charge is 0.366 e. The van der Waals surface area contributed by atoms with Crippen LogP contribution in [0.3, 0.4) is 0 Å². The molecule has 0 atom stereocenters. The molecule has 1 amide bonds. The van der Waals surface area contributed by atoms with Gasteiger partial charge in [-0.3, -0.25) is 4.79 Å². The van der Waals surface area contributed by atoms with Crippen LogP contribution in [0.25, 0.3) is 0 Å². The van der Waals surface area contributed by atoms with Crippen LogP contribution in [0.1, 0.15) is 15.9 Å². The third-order valence-corrected chi connectivity index (χ3v) is 5.24. The van der Waals surface area contributed by atoms with Gasteiger partial charge in [-0.2, -0.15) is 4.31 Å². The van der Waals surface area contributed by atoms with Crippen molar-refractivity contribution >= 4 is 27.5 Å². The molecule has 0 heterocycles. The van der Waals surface area contributed by atoms with Gasteiger partial charge in [-0.15, -0.1) is 0 Å². The van der Waals surface area contributed by atoms with Gasteiger partial charge >= 0.3 is 0 Å². The first-order valence-electron chi connectivity index (χ1n) is 6.41. The molecule has 0 saturated heterocycles. The highest BCUT2D eigenvalue weighted by Crippen LogP contribution is 2.19. The Morgan fingerprint density at radius 1 is 1.09 bits per heavy atom. The zero-order valence-electron chi connectivity index (χ0n) is 11.9. The van der Waals surface area contributed by atoms with Gasteiger partial charge in [0.05, 0.1) is 4.90 Å². The Bertz CT molecular complexity index is 771. The molecule has 0 aliphatic heterocycles. The molecule has 0 saturated carbocycles. The number of halogens is 1. The Morgan fingerprint density at radius 3 is 2.14 bits per heavy atom. The predicted octanol–water partition coefficient (Wildman–Crippen LogP) is 2.26. The molecular formula is C15H15ClN2O3S. The minimum absolute atomic E-state index is 0.174. The summed E-state index contributed by atoms with van der Waals surface area (Å²) >= 11 is 5.77. The van der Waals surface area contributed by atoms with E-state index in [2.05, 4.69) is 0 Å².